The van der Waals surface area contributed by atoms with Crippen molar-refractivity contribution in [3.05, 3.63) is 29.8 Å². The molecule has 1 aromatic rings. The number of phenols is 1. The van der Waals surface area contributed by atoms with Gasteiger partial charge in [0.15, 0.2) is 0 Å². The smallest absolute Gasteiger partial charge is 0.326 e. The molecule has 8 N–H and O–H groups in total. The number of benzene rings is 1. The Morgan fingerprint density at radius 1 is 0.932 bits per heavy atom. The van der Waals surface area contributed by atoms with Crippen LogP contribution >= 0.6 is 0 Å². The first-order chi connectivity index (χ1) is 20.6. The molecule has 14 nitrogen and oxygen atoms in total. The molecule has 1 aliphatic heterocycles. The Hall–Kier alpha value is -4.20. The minimum Gasteiger partial charge on any atom is -0.508 e. The Morgan fingerprint density at radius 3 is 2.09 bits per heavy atom. The van der Waals surface area contributed by atoms with Crippen molar-refractivity contribution < 1.29 is 44.1 Å². The number of phenolic OH excluding ortho intramolecular Hbond substituents is 1. The summed E-state index contributed by atoms with van der Waals surface area (Å²) < 4.78 is 0. The van der Waals surface area contributed by atoms with Gasteiger partial charge in [-0.05, 0) is 55.2 Å². The highest BCUT2D eigenvalue weighted by Gasteiger charge is 2.38. The van der Waals surface area contributed by atoms with E-state index in [1.165, 1.54) is 17.0 Å². The molecular formula is C30H45N5O9. The van der Waals surface area contributed by atoms with Crippen LogP contribution in [-0.2, 0) is 35.2 Å². The highest BCUT2D eigenvalue weighted by molar-refractivity contribution is 5.95. The molecule has 0 aromatic heterocycles. The number of hydrogen-bond acceptors (Lipinski definition) is 8. The number of rotatable bonds is 16. The summed E-state index contributed by atoms with van der Waals surface area (Å²) in [5.74, 6) is -5.34. The van der Waals surface area contributed by atoms with Crippen molar-refractivity contribution in [3.63, 3.8) is 0 Å². The number of amides is 4. The Labute approximate surface area is 256 Å². The number of hydrogen-bond donors (Lipinski definition) is 7. The van der Waals surface area contributed by atoms with E-state index in [9.17, 15) is 39.0 Å². The summed E-state index contributed by atoms with van der Waals surface area (Å²) in [5, 5.41) is 36.0. The molecule has 5 atom stereocenters. The lowest BCUT2D eigenvalue weighted by Crippen LogP contribution is -2.59. The van der Waals surface area contributed by atoms with Crippen LogP contribution in [0, 0.1) is 11.8 Å². The first-order valence-corrected chi connectivity index (χ1v) is 14.8. The summed E-state index contributed by atoms with van der Waals surface area (Å²) in [6.07, 6.45) is 0.652. The molecule has 44 heavy (non-hydrogen) atoms. The fourth-order valence-corrected chi connectivity index (χ4v) is 5.01. The molecule has 0 saturated carbocycles. The summed E-state index contributed by atoms with van der Waals surface area (Å²) in [6.45, 7) is 7.22. The maximum absolute atomic E-state index is 13.6. The van der Waals surface area contributed by atoms with E-state index in [-0.39, 0.29) is 43.9 Å². The summed E-state index contributed by atoms with van der Waals surface area (Å²) in [4.78, 5) is 77.2. The normalized spacial score (nSPS) is 17.4. The number of nitrogens with zero attached hydrogens (tertiary/aromatic N) is 1. The van der Waals surface area contributed by atoms with E-state index in [4.69, 9.17) is 10.8 Å². The zero-order chi connectivity index (χ0) is 33.1. The fourth-order valence-electron chi connectivity index (χ4n) is 5.01. The van der Waals surface area contributed by atoms with Gasteiger partial charge in [0.1, 0.15) is 29.9 Å². The van der Waals surface area contributed by atoms with Gasteiger partial charge in [0.25, 0.3) is 0 Å². The maximum Gasteiger partial charge on any atom is 0.326 e. The van der Waals surface area contributed by atoms with E-state index in [0.29, 0.717) is 18.4 Å². The van der Waals surface area contributed by atoms with E-state index in [2.05, 4.69) is 16.0 Å². The van der Waals surface area contributed by atoms with Crippen molar-refractivity contribution >= 4 is 35.6 Å². The third-order valence-electron chi connectivity index (χ3n) is 7.40. The van der Waals surface area contributed by atoms with Crippen LogP contribution in [0.25, 0.3) is 0 Å². The fraction of sp³-hybridized carbons (Fsp3) is 0.600. The number of nitrogens with one attached hydrogen (secondary N) is 3. The number of likely N-dealkylation sites (tertiary alicyclic amines) is 1. The van der Waals surface area contributed by atoms with Crippen LogP contribution in [0.15, 0.2) is 24.3 Å². The van der Waals surface area contributed by atoms with Crippen molar-refractivity contribution in [2.75, 3.05) is 6.54 Å². The highest BCUT2D eigenvalue weighted by atomic mass is 16.4. The standard InChI is InChI=1S/C30H45N5O9/c1-16(2)14-21(33-28(41)23-6-5-13-35(23)29(42)20(31)11-12-24(37)38)26(39)32-22(15-18-7-9-19(36)10-8-18)27(40)34-25(17(3)4)30(43)44/h7-10,16-17,20-23,25,36H,5-6,11-15,31H2,1-4H3,(H,32,39)(H,33,41)(H,34,40)(H,37,38)(H,43,44)/t20-,21-,22-,23-,25-/m0/s1. The molecule has 1 aliphatic rings. The number of carbonyl (C=O) groups excluding carboxylic acids is 4. The summed E-state index contributed by atoms with van der Waals surface area (Å²) in [7, 11) is 0. The Balaban J connectivity index is 2.25. The highest BCUT2D eigenvalue weighted by Crippen LogP contribution is 2.20. The van der Waals surface area contributed by atoms with Gasteiger partial charge in [-0.3, -0.25) is 24.0 Å². The predicted octanol–water partition coefficient (Wildman–Crippen LogP) is 0.359. The number of aromatic hydroxyl groups is 1. The number of carboxylic acid groups (broad SMARTS) is 2. The van der Waals surface area contributed by atoms with Crippen molar-refractivity contribution in [3.8, 4) is 5.75 Å². The second-order valence-corrected chi connectivity index (χ2v) is 11.9. The maximum atomic E-state index is 13.6. The molecule has 1 aromatic carbocycles. The van der Waals surface area contributed by atoms with Crippen molar-refractivity contribution in [2.45, 2.75) is 96.4 Å². The molecule has 1 saturated heterocycles. The van der Waals surface area contributed by atoms with Crippen LogP contribution in [0.5, 0.6) is 5.75 Å². The number of aliphatic carboxylic acids is 2. The lowest BCUT2D eigenvalue weighted by Gasteiger charge is -2.29. The molecule has 0 bridgehead atoms. The molecule has 0 unspecified atom stereocenters. The van der Waals surface area contributed by atoms with Gasteiger partial charge < -0.3 is 41.9 Å². The van der Waals surface area contributed by atoms with E-state index < -0.39 is 71.7 Å². The molecule has 14 heteroatoms. The molecule has 4 amide bonds. The molecule has 0 spiro atoms. The molecule has 2 rings (SSSR count). The summed E-state index contributed by atoms with van der Waals surface area (Å²) in [6, 6.07) is 0.480. The summed E-state index contributed by atoms with van der Waals surface area (Å²) >= 11 is 0. The van der Waals surface area contributed by atoms with Gasteiger partial charge in [0, 0.05) is 19.4 Å². The quantitative estimate of drug-likeness (QED) is 0.134. The van der Waals surface area contributed by atoms with Crippen molar-refractivity contribution in [1.29, 1.82) is 0 Å². The van der Waals surface area contributed by atoms with E-state index in [0.717, 1.165) is 0 Å². The zero-order valence-corrected chi connectivity index (χ0v) is 25.6. The summed E-state index contributed by atoms with van der Waals surface area (Å²) in [5.41, 5.74) is 6.50. The topological polar surface area (TPSA) is 228 Å². The minimum atomic E-state index is -1.23. The van der Waals surface area contributed by atoms with Crippen LogP contribution in [0.1, 0.15) is 65.4 Å². The zero-order valence-electron chi connectivity index (χ0n) is 25.6. The lowest BCUT2D eigenvalue weighted by molar-refractivity contribution is -0.143. The van der Waals surface area contributed by atoms with Gasteiger partial charge in [0.2, 0.25) is 23.6 Å². The second-order valence-electron chi connectivity index (χ2n) is 11.9. The minimum absolute atomic E-state index is 0.00604. The first-order valence-electron chi connectivity index (χ1n) is 14.8. The SMILES string of the molecule is CC(C)C[C@H](NC(=O)[C@@H]1CCCN1C(=O)[C@@H](N)CCC(=O)O)C(=O)N[C@@H](Cc1ccc(O)cc1)C(=O)N[C@H](C(=O)O)C(C)C. The van der Waals surface area contributed by atoms with Gasteiger partial charge in [0.05, 0.1) is 6.04 Å². The molecule has 1 fully saturated rings. The van der Waals surface area contributed by atoms with E-state index in [1.807, 2.05) is 13.8 Å². The Bertz CT molecular complexity index is 1190. The predicted molar refractivity (Wildman–Crippen MR) is 159 cm³/mol. The Kier molecular flexibility index (Phi) is 13.6. The molecule has 244 valence electrons. The molecule has 1 heterocycles. The third-order valence-corrected chi connectivity index (χ3v) is 7.40. The van der Waals surface area contributed by atoms with Crippen LogP contribution in [0.3, 0.4) is 0 Å². The number of nitrogens with two attached hydrogens (primary N) is 1. The van der Waals surface area contributed by atoms with Gasteiger partial charge in [-0.1, -0.05) is 39.8 Å². The van der Waals surface area contributed by atoms with Crippen molar-refractivity contribution in [2.24, 2.45) is 17.6 Å². The number of carbonyl (C=O) groups is 6. The first kappa shape index (κ1) is 36.0. The molecule has 0 radical (unpaired) electrons. The number of carboxylic acids is 2. The van der Waals surface area contributed by atoms with E-state index in [1.54, 1.807) is 26.0 Å². The Morgan fingerprint density at radius 2 is 1.55 bits per heavy atom. The molecule has 0 aliphatic carbocycles. The monoisotopic (exact) mass is 619 g/mol. The van der Waals surface area contributed by atoms with Crippen LogP contribution in [0.4, 0.5) is 0 Å². The van der Waals surface area contributed by atoms with Gasteiger partial charge in [-0.2, -0.15) is 0 Å². The van der Waals surface area contributed by atoms with Gasteiger partial charge in [-0.15, -0.1) is 0 Å². The van der Waals surface area contributed by atoms with Gasteiger partial charge >= 0.3 is 11.9 Å². The van der Waals surface area contributed by atoms with Crippen LogP contribution in [0.2, 0.25) is 0 Å². The lowest BCUT2D eigenvalue weighted by atomic mass is 9.99. The van der Waals surface area contributed by atoms with E-state index >= 15 is 0 Å². The van der Waals surface area contributed by atoms with Crippen molar-refractivity contribution in [1.82, 2.24) is 20.9 Å². The average molecular weight is 620 g/mol. The largest absolute Gasteiger partial charge is 0.508 e. The van der Waals surface area contributed by atoms with Crippen LogP contribution in [-0.4, -0.2) is 92.5 Å². The molecular weight excluding hydrogens is 574 g/mol. The average Bonchev–Trinajstić information content (AvgIpc) is 3.44. The third kappa shape index (κ3) is 10.8. The second kappa shape index (κ2) is 16.6. The van der Waals surface area contributed by atoms with Crippen LogP contribution < -0.4 is 21.7 Å². The van der Waals surface area contributed by atoms with Gasteiger partial charge in [-0.25, -0.2) is 4.79 Å².